The largest absolute Gasteiger partial charge is 0.497 e. The van der Waals surface area contributed by atoms with Gasteiger partial charge in [-0.05, 0) is 78.9 Å². The van der Waals surface area contributed by atoms with Crippen molar-refractivity contribution in [2.24, 2.45) is 0 Å². The van der Waals surface area contributed by atoms with Crippen LogP contribution in [0.3, 0.4) is 0 Å². The van der Waals surface area contributed by atoms with Gasteiger partial charge in [-0.1, -0.05) is 48.2 Å². The zero-order chi connectivity index (χ0) is 28.3. The van der Waals surface area contributed by atoms with Crippen LogP contribution < -0.4 is 14.4 Å². The zero-order valence-corrected chi connectivity index (χ0v) is 22.5. The van der Waals surface area contributed by atoms with E-state index in [1.807, 2.05) is 72.8 Å². The Morgan fingerprint density at radius 3 is 1.54 bits per heavy atom. The van der Waals surface area contributed by atoms with E-state index in [0.29, 0.717) is 27.8 Å². The molecule has 0 fully saturated rings. The van der Waals surface area contributed by atoms with Gasteiger partial charge < -0.3 is 14.4 Å². The quantitative estimate of drug-likeness (QED) is 0.216. The molecule has 0 saturated carbocycles. The van der Waals surface area contributed by atoms with Gasteiger partial charge >= 0.3 is 0 Å². The average Bonchev–Trinajstić information content (AvgIpc) is 3.04. The van der Waals surface area contributed by atoms with Crippen LogP contribution in [-0.4, -0.2) is 25.8 Å². The van der Waals surface area contributed by atoms with Gasteiger partial charge in [-0.2, -0.15) is 0 Å². The molecule has 0 saturated heterocycles. The van der Waals surface area contributed by atoms with Crippen molar-refractivity contribution in [3.8, 4) is 23.3 Å². The van der Waals surface area contributed by atoms with Crippen LogP contribution >= 0.6 is 0 Å². The number of carbonyl (C=O) groups excluding carboxylic acids is 2. The number of benzene rings is 5. The monoisotopic (exact) mass is 535 g/mol. The highest BCUT2D eigenvalue weighted by molar-refractivity contribution is 6.29. The van der Waals surface area contributed by atoms with Crippen molar-refractivity contribution in [3.63, 3.8) is 0 Å². The van der Waals surface area contributed by atoms with E-state index in [2.05, 4.69) is 16.7 Å². The van der Waals surface area contributed by atoms with Crippen LogP contribution in [0.4, 0.5) is 17.1 Å². The maximum Gasteiger partial charge on any atom is 0.195 e. The first-order chi connectivity index (χ1) is 20.1. The van der Waals surface area contributed by atoms with E-state index < -0.39 is 0 Å². The van der Waals surface area contributed by atoms with E-state index >= 15 is 0 Å². The molecular weight excluding hydrogens is 510 g/mol. The zero-order valence-electron chi connectivity index (χ0n) is 22.5. The third kappa shape index (κ3) is 4.84. The molecule has 0 unspecified atom stereocenters. The minimum Gasteiger partial charge on any atom is -0.497 e. The van der Waals surface area contributed by atoms with Crippen LogP contribution in [-0.2, 0) is 0 Å². The van der Waals surface area contributed by atoms with E-state index in [4.69, 9.17) is 9.47 Å². The Labute approximate surface area is 238 Å². The predicted molar refractivity (Wildman–Crippen MR) is 160 cm³/mol. The standard InChI is InChI=1S/C36H25NO4/c1-40-29-20-16-27(17-21-29)37(28-18-22-30(41-2)23-19-28)26-14-11-24(12-15-26)10-13-25-6-5-9-33-34(25)36(39)32-8-4-3-7-31(32)35(33)38/h3-9,11-12,14-23H,1-2H3. The summed E-state index contributed by atoms with van der Waals surface area (Å²) < 4.78 is 10.7. The third-order valence-corrected chi connectivity index (χ3v) is 7.08. The Morgan fingerprint density at radius 1 is 0.512 bits per heavy atom. The van der Waals surface area contributed by atoms with Gasteiger partial charge in [-0.15, -0.1) is 0 Å². The first-order valence-corrected chi connectivity index (χ1v) is 13.1. The second-order valence-electron chi connectivity index (χ2n) is 9.46. The van der Waals surface area contributed by atoms with E-state index in [-0.39, 0.29) is 11.6 Å². The molecule has 0 atom stereocenters. The molecule has 198 valence electrons. The Morgan fingerprint density at radius 2 is 1.00 bits per heavy atom. The highest BCUT2D eigenvalue weighted by atomic mass is 16.5. The lowest BCUT2D eigenvalue weighted by Gasteiger charge is -2.25. The fourth-order valence-electron chi connectivity index (χ4n) is 4.99. The summed E-state index contributed by atoms with van der Waals surface area (Å²) in [5, 5.41) is 0. The molecule has 6 rings (SSSR count). The summed E-state index contributed by atoms with van der Waals surface area (Å²) in [6.07, 6.45) is 0. The average molecular weight is 536 g/mol. The second kappa shape index (κ2) is 10.9. The molecule has 0 N–H and O–H groups in total. The van der Waals surface area contributed by atoms with Crippen molar-refractivity contribution in [2.75, 3.05) is 19.1 Å². The van der Waals surface area contributed by atoms with Gasteiger partial charge in [0.25, 0.3) is 0 Å². The molecule has 5 heteroatoms. The highest BCUT2D eigenvalue weighted by Gasteiger charge is 2.30. The fourth-order valence-corrected chi connectivity index (χ4v) is 4.99. The van der Waals surface area contributed by atoms with Crippen molar-refractivity contribution in [2.45, 2.75) is 0 Å². The number of hydrogen-bond acceptors (Lipinski definition) is 5. The van der Waals surface area contributed by atoms with Crippen LogP contribution in [0.2, 0.25) is 0 Å². The van der Waals surface area contributed by atoms with Crippen molar-refractivity contribution in [1.82, 2.24) is 0 Å². The molecule has 41 heavy (non-hydrogen) atoms. The Balaban J connectivity index is 1.34. The van der Waals surface area contributed by atoms with Crippen LogP contribution in [0.5, 0.6) is 11.5 Å². The molecule has 0 heterocycles. The first kappa shape index (κ1) is 25.7. The minimum absolute atomic E-state index is 0.152. The molecule has 5 aromatic carbocycles. The van der Waals surface area contributed by atoms with Crippen LogP contribution in [0, 0.1) is 11.8 Å². The van der Waals surface area contributed by atoms with Gasteiger partial charge in [0, 0.05) is 50.4 Å². The molecule has 0 amide bonds. The lowest BCUT2D eigenvalue weighted by Crippen LogP contribution is -2.21. The summed E-state index contributed by atoms with van der Waals surface area (Å²) in [7, 11) is 3.29. The van der Waals surface area contributed by atoms with Crippen LogP contribution in [0.15, 0.2) is 115 Å². The molecule has 0 bridgehead atoms. The van der Waals surface area contributed by atoms with Gasteiger partial charge in [-0.3, -0.25) is 9.59 Å². The number of hydrogen-bond donors (Lipinski definition) is 0. The lowest BCUT2D eigenvalue weighted by atomic mass is 9.82. The van der Waals surface area contributed by atoms with E-state index in [0.717, 1.165) is 34.1 Å². The van der Waals surface area contributed by atoms with Gasteiger partial charge in [0.2, 0.25) is 0 Å². The second-order valence-corrected chi connectivity index (χ2v) is 9.46. The van der Waals surface area contributed by atoms with E-state index in [1.54, 1.807) is 56.7 Å². The number of methoxy groups -OCH3 is 2. The SMILES string of the molecule is COc1ccc(N(c2ccc(C#Cc3cccc4c3C(=O)c3ccccc3C4=O)cc2)c2ccc(OC)cc2)cc1. The normalized spacial score (nSPS) is 11.6. The molecule has 5 aromatic rings. The molecule has 1 aliphatic rings. The summed E-state index contributed by atoms with van der Waals surface area (Å²) in [6, 6.07) is 35.8. The predicted octanol–water partition coefficient (Wildman–Crippen LogP) is 7.35. The molecular formula is C36H25NO4. The van der Waals surface area contributed by atoms with E-state index in [1.165, 1.54) is 0 Å². The molecule has 1 aliphatic carbocycles. The minimum atomic E-state index is -0.176. The number of ether oxygens (including phenoxy) is 2. The number of rotatable bonds is 5. The van der Waals surface area contributed by atoms with Gasteiger partial charge in [-0.25, -0.2) is 0 Å². The maximum absolute atomic E-state index is 13.3. The van der Waals surface area contributed by atoms with E-state index in [9.17, 15) is 9.59 Å². The Kier molecular flexibility index (Phi) is 6.81. The van der Waals surface area contributed by atoms with Crippen molar-refractivity contribution >= 4 is 28.6 Å². The number of carbonyl (C=O) groups is 2. The molecule has 5 nitrogen and oxygen atoms in total. The van der Waals surface area contributed by atoms with Crippen molar-refractivity contribution in [3.05, 3.63) is 149 Å². The smallest absolute Gasteiger partial charge is 0.195 e. The first-order valence-electron chi connectivity index (χ1n) is 13.1. The van der Waals surface area contributed by atoms with Gasteiger partial charge in [0.05, 0.1) is 14.2 Å². The van der Waals surface area contributed by atoms with Crippen LogP contribution in [0.1, 0.15) is 43.0 Å². The number of nitrogens with zero attached hydrogens (tertiary/aromatic N) is 1. The summed E-state index contributed by atoms with van der Waals surface area (Å²) in [6.45, 7) is 0. The number of anilines is 3. The summed E-state index contributed by atoms with van der Waals surface area (Å²) in [4.78, 5) is 28.5. The fraction of sp³-hybridized carbons (Fsp3) is 0.0556. The topological polar surface area (TPSA) is 55.8 Å². The Hall–Kier alpha value is -5.60. The summed E-state index contributed by atoms with van der Waals surface area (Å²) >= 11 is 0. The third-order valence-electron chi connectivity index (χ3n) is 7.08. The summed E-state index contributed by atoms with van der Waals surface area (Å²) in [5.41, 5.74) is 5.81. The maximum atomic E-state index is 13.3. The molecule has 0 spiro atoms. The Bertz CT molecular complexity index is 1780. The van der Waals surface area contributed by atoms with Crippen molar-refractivity contribution < 1.29 is 19.1 Å². The van der Waals surface area contributed by atoms with Crippen LogP contribution in [0.25, 0.3) is 0 Å². The number of fused-ring (bicyclic) bond motifs is 2. The molecule has 0 aromatic heterocycles. The highest BCUT2D eigenvalue weighted by Crippen LogP contribution is 2.36. The summed E-state index contributed by atoms with van der Waals surface area (Å²) in [5.74, 6) is 7.55. The molecule has 0 radical (unpaired) electrons. The lowest BCUT2D eigenvalue weighted by molar-refractivity contribution is 0.0979. The van der Waals surface area contributed by atoms with Gasteiger partial charge in [0.15, 0.2) is 11.6 Å². The van der Waals surface area contributed by atoms with Crippen molar-refractivity contribution in [1.29, 1.82) is 0 Å². The molecule has 0 aliphatic heterocycles. The number of ketones is 2. The van der Waals surface area contributed by atoms with Gasteiger partial charge in [0.1, 0.15) is 11.5 Å².